The fourth-order valence-electron chi connectivity index (χ4n) is 2.88. The van der Waals surface area contributed by atoms with E-state index in [1.165, 1.54) is 0 Å². The van der Waals surface area contributed by atoms with Gasteiger partial charge in [-0.05, 0) is 27.7 Å². The average molecular weight is 259 g/mol. The highest BCUT2D eigenvalue weighted by Gasteiger charge is 2.60. The van der Waals surface area contributed by atoms with Gasteiger partial charge in [-0.25, -0.2) is 0 Å². The summed E-state index contributed by atoms with van der Waals surface area (Å²) in [7, 11) is 0. The predicted molar refractivity (Wildman–Crippen MR) is 61.6 cm³/mol. The molecule has 0 unspecified atom stereocenters. The summed E-state index contributed by atoms with van der Waals surface area (Å²) in [4.78, 5) is 0. The van der Waals surface area contributed by atoms with Crippen LogP contribution in [-0.4, -0.2) is 48.8 Å². The van der Waals surface area contributed by atoms with Crippen molar-refractivity contribution in [3.8, 4) is 0 Å². The van der Waals surface area contributed by atoms with Gasteiger partial charge < -0.3 is 29.4 Å². The number of fused-ring (bicyclic) bond motifs is 3. The first-order valence-electron chi connectivity index (χ1n) is 6.38. The molecule has 3 rings (SSSR count). The first kappa shape index (κ1) is 12.8. The van der Waals surface area contributed by atoms with Crippen LogP contribution in [0.2, 0.25) is 0 Å². The second-order valence-electron chi connectivity index (χ2n) is 5.94. The number of hydrogen-bond acceptors (Lipinski definition) is 6. The molecular formula is C12H21NO5. The highest BCUT2D eigenvalue weighted by atomic mass is 16.9. The minimum absolute atomic E-state index is 0.200. The molecule has 3 aliphatic heterocycles. The number of nitrogens with two attached hydrogens (primary N) is 1. The van der Waals surface area contributed by atoms with Crippen LogP contribution in [0, 0.1) is 0 Å². The van der Waals surface area contributed by atoms with Gasteiger partial charge in [-0.1, -0.05) is 0 Å². The molecule has 18 heavy (non-hydrogen) atoms. The minimum Gasteiger partial charge on any atom is -0.342 e. The molecule has 5 atom stereocenters. The molecule has 6 heteroatoms. The third kappa shape index (κ3) is 1.97. The first-order valence-corrected chi connectivity index (χ1v) is 6.38. The Morgan fingerprint density at radius 2 is 1.39 bits per heavy atom. The number of ether oxygens (including phenoxy) is 5. The van der Waals surface area contributed by atoms with E-state index in [-0.39, 0.29) is 24.4 Å². The topological polar surface area (TPSA) is 72.2 Å². The SMILES string of the molecule is CC1(C)O[C@@H]2[C@@H](O1)[C@H](CN)O[C@H]1OC(C)(C)O[C@@H]12. The Morgan fingerprint density at radius 3 is 2.06 bits per heavy atom. The van der Waals surface area contributed by atoms with Gasteiger partial charge in [0.05, 0.1) is 0 Å². The molecule has 2 N–H and O–H groups in total. The lowest BCUT2D eigenvalue weighted by Crippen LogP contribution is -2.57. The summed E-state index contributed by atoms with van der Waals surface area (Å²) in [5.74, 6) is -1.31. The van der Waals surface area contributed by atoms with Crippen molar-refractivity contribution in [3.63, 3.8) is 0 Å². The van der Waals surface area contributed by atoms with Gasteiger partial charge in [0.1, 0.15) is 24.4 Å². The minimum atomic E-state index is -0.667. The summed E-state index contributed by atoms with van der Waals surface area (Å²) in [6, 6.07) is 0. The summed E-state index contributed by atoms with van der Waals surface area (Å²) in [5, 5.41) is 0. The second kappa shape index (κ2) is 3.88. The third-order valence-electron chi connectivity index (χ3n) is 3.48. The molecule has 0 amide bonds. The summed E-state index contributed by atoms with van der Waals surface area (Å²) >= 11 is 0. The second-order valence-corrected chi connectivity index (χ2v) is 5.94. The van der Waals surface area contributed by atoms with Crippen molar-refractivity contribution in [2.24, 2.45) is 5.73 Å². The highest BCUT2D eigenvalue weighted by molar-refractivity contribution is 5.00. The smallest absolute Gasteiger partial charge is 0.190 e. The van der Waals surface area contributed by atoms with Gasteiger partial charge in [0.25, 0.3) is 0 Å². The van der Waals surface area contributed by atoms with Crippen molar-refractivity contribution < 1.29 is 23.7 Å². The van der Waals surface area contributed by atoms with E-state index in [0.29, 0.717) is 6.54 Å². The van der Waals surface area contributed by atoms with Crippen LogP contribution in [0.25, 0.3) is 0 Å². The molecule has 3 fully saturated rings. The Bertz CT molecular complexity index is 345. The van der Waals surface area contributed by atoms with Crippen LogP contribution in [0.15, 0.2) is 0 Å². The number of hydrogen-bond donors (Lipinski definition) is 1. The lowest BCUT2D eigenvalue weighted by atomic mass is 9.99. The maximum atomic E-state index is 5.93. The van der Waals surface area contributed by atoms with Crippen molar-refractivity contribution in [2.45, 2.75) is 70.0 Å². The molecule has 0 saturated carbocycles. The van der Waals surface area contributed by atoms with Crippen LogP contribution in [0.1, 0.15) is 27.7 Å². The molecule has 3 saturated heterocycles. The van der Waals surface area contributed by atoms with Crippen molar-refractivity contribution in [3.05, 3.63) is 0 Å². The van der Waals surface area contributed by atoms with E-state index in [9.17, 15) is 0 Å². The lowest BCUT2D eigenvalue weighted by molar-refractivity contribution is -0.231. The van der Waals surface area contributed by atoms with E-state index in [1.807, 2.05) is 27.7 Å². The number of rotatable bonds is 1. The molecule has 3 heterocycles. The maximum Gasteiger partial charge on any atom is 0.190 e. The Morgan fingerprint density at radius 1 is 0.833 bits per heavy atom. The fraction of sp³-hybridized carbons (Fsp3) is 1.00. The van der Waals surface area contributed by atoms with Crippen molar-refractivity contribution in [1.29, 1.82) is 0 Å². The van der Waals surface area contributed by atoms with Crippen LogP contribution in [-0.2, 0) is 23.7 Å². The lowest BCUT2D eigenvalue weighted by Gasteiger charge is -2.36. The van der Waals surface area contributed by atoms with E-state index in [1.54, 1.807) is 0 Å². The third-order valence-corrected chi connectivity index (χ3v) is 3.48. The zero-order valence-electron chi connectivity index (χ0n) is 11.2. The average Bonchev–Trinajstić information content (AvgIpc) is 2.71. The van der Waals surface area contributed by atoms with Crippen LogP contribution < -0.4 is 5.73 Å². The van der Waals surface area contributed by atoms with E-state index in [0.717, 1.165) is 0 Å². The molecule has 0 aliphatic carbocycles. The van der Waals surface area contributed by atoms with Gasteiger partial charge >= 0.3 is 0 Å². The highest BCUT2D eigenvalue weighted by Crippen LogP contribution is 2.43. The van der Waals surface area contributed by atoms with Crippen molar-refractivity contribution in [2.75, 3.05) is 6.54 Å². The van der Waals surface area contributed by atoms with Crippen LogP contribution in [0.3, 0.4) is 0 Å². The normalized spacial score (nSPS) is 48.8. The zero-order chi connectivity index (χ0) is 13.1. The molecule has 6 nitrogen and oxygen atoms in total. The molecule has 0 spiro atoms. The van der Waals surface area contributed by atoms with Gasteiger partial charge in [-0.2, -0.15) is 0 Å². The van der Waals surface area contributed by atoms with Crippen LogP contribution >= 0.6 is 0 Å². The van der Waals surface area contributed by atoms with Gasteiger partial charge in [-0.15, -0.1) is 0 Å². The molecule has 0 aromatic carbocycles. The molecule has 3 aliphatic rings. The largest absolute Gasteiger partial charge is 0.342 e. The summed E-state index contributed by atoms with van der Waals surface area (Å²) in [5.41, 5.74) is 5.74. The van der Waals surface area contributed by atoms with Gasteiger partial charge in [0.2, 0.25) is 0 Å². The van der Waals surface area contributed by atoms with Crippen molar-refractivity contribution >= 4 is 0 Å². The molecule has 0 aromatic rings. The Balaban J connectivity index is 1.86. The van der Waals surface area contributed by atoms with Gasteiger partial charge in [0, 0.05) is 6.54 Å². The quantitative estimate of drug-likeness (QED) is 0.732. The van der Waals surface area contributed by atoms with E-state index >= 15 is 0 Å². The van der Waals surface area contributed by atoms with Crippen LogP contribution in [0.4, 0.5) is 0 Å². The van der Waals surface area contributed by atoms with Crippen LogP contribution in [0.5, 0.6) is 0 Å². The van der Waals surface area contributed by atoms with Gasteiger partial charge in [-0.3, -0.25) is 0 Å². The van der Waals surface area contributed by atoms with E-state index in [2.05, 4.69) is 0 Å². The van der Waals surface area contributed by atoms with Gasteiger partial charge in [0.15, 0.2) is 17.9 Å². The summed E-state index contributed by atoms with van der Waals surface area (Å²) < 4.78 is 29.2. The zero-order valence-corrected chi connectivity index (χ0v) is 11.2. The molecule has 0 aromatic heterocycles. The Labute approximate surface area is 107 Å². The predicted octanol–water partition coefficient (Wildman–Crippen LogP) is 0.342. The Hall–Kier alpha value is -0.240. The monoisotopic (exact) mass is 259 g/mol. The summed E-state index contributed by atoms with van der Waals surface area (Å²) in [6.07, 6.45) is -1.34. The van der Waals surface area contributed by atoms with E-state index < -0.39 is 17.9 Å². The summed E-state index contributed by atoms with van der Waals surface area (Å²) in [6.45, 7) is 7.86. The molecular weight excluding hydrogens is 238 g/mol. The van der Waals surface area contributed by atoms with E-state index in [4.69, 9.17) is 29.4 Å². The Kier molecular flexibility index (Phi) is 2.75. The maximum absolute atomic E-state index is 5.93. The fourth-order valence-corrected chi connectivity index (χ4v) is 2.88. The standard InChI is InChI=1S/C12H21NO5/c1-11(2)15-7-6(5-13)14-10-9(8(7)16-11)17-12(3,4)18-10/h6-10H,5,13H2,1-4H3/t6-,7-,8+,9+,10-/m0/s1. The first-order chi connectivity index (χ1) is 8.31. The molecule has 104 valence electrons. The molecule has 0 bridgehead atoms. The van der Waals surface area contributed by atoms with Crippen molar-refractivity contribution in [1.82, 2.24) is 0 Å². The molecule has 0 radical (unpaired) electrons.